The predicted octanol–water partition coefficient (Wildman–Crippen LogP) is 2.24. The Morgan fingerprint density at radius 2 is 2.10 bits per heavy atom. The van der Waals surface area contributed by atoms with Gasteiger partial charge in [0.15, 0.2) is 11.5 Å². The standard InChI is InChI=1S/C15H24N4O/c1-3-4-9-16-15(20)13-5-6-14(18-17-13)19-10-7-12(2)8-11-19/h5-6,12H,3-4,7-11H2,1-2H3,(H,16,20). The number of amides is 1. The Balaban J connectivity index is 1.90. The smallest absolute Gasteiger partial charge is 0.271 e. The minimum Gasteiger partial charge on any atom is -0.355 e. The molecule has 0 aliphatic carbocycles. The summed E-state index contributed by atoms with van der Waals surface area (Å²) in [5, 5.41) is 11.1. The van der Waals surface area contributed by atoms with Gasteiger partial charge >= 0.3 is 0 Å². The molecule has 1 aliphatic heterocycles. The highest BCUT2D eigenvalue weighted by molar-refractivity contribution is 5.92. The van der Waals surface area contributed by atoms with E-state index in [1.54, 1.807) is 6.07 Å². The summed E-state index contributed by atoms with van der Waals surface area (Å²) in [4.78, 5) is 14.1. The molecule has 0 radical (unpaired) electrons. The first-order chi connectivity index (χ1) is 9.70. The van der Waals surface area contributed by atoms with Crippen LogP contribution in [-0.2, 0) is 0 Å². The Kier molecular flexibility index (Phi) is 5.32. The highest BCUT2D eigenvalue weighted by Gasteiger charge is 2.17. The van der Waals surface area contributed by atoms with Crippen LogP contribution in [0.4, 0.5) is 5.82 Å². The molecule has 0 aromatic carbocycles. The van der Waals surface area contributed by atoms with Crippen molar-refractivity contribution in [3.05, 3.63) is 17.8 Å². The first kappa shape index (κ1) is 14.8. The number of rotatable bonds is 5. The molecule has 5 heteroatoms. The molecular weight excluding hydrogens is 252 g/mol. The van der Waals surface area contributed by atoms with Crippen molar-refractivity contribution in [2.24, 2.45) is 5.92 Å². The number of anilines is 1. The quantitative estimate of drug-likeness (QED) is 0.838. The normalized spacial score (nSPS) is 16.2. The Bertz CT molecular complexity index is 424. The highest BCUT2D eigenvalue weighted by Crippen LogP contribution is 2.20. The second-order valence-corrected chi connectivity index (χ2v) is 5.56. The molecule has 110 valence electrons. The van der Waals surface area contributed by atoms with Crippen LogP contribution in [0.5, 0.6) is 0 Å². The fraction of sp³-hybridized carbons (Fsp3) is 0.667. The molecule has 1 fully saturated rings. The third-order valence-corrected chi connectivity index (χ3v) is 3.81. The average Bonchev–Trinajstić information content (AvgIpc) is 2.48. The van der Waals surface area contributed by atoms with Gasteiger partial charge in [0.2, 0.25) is 0 Å². The lowest BCUT2D eigenvalue weighted by Crippen LogP contribution is -2.33. The second-order valence-electron chi connectivity index (χ2n) is 5.56. The maximum atomic E-state index is 11.8. The van der Waals surface area contributed by atoms with Crippen LogP contribution in [0.15, 0.2) is 12.1 Å². The van der Waals surface area contributed by atoms with Crippen molar-refractivity contribution in [3.63, 3.8) is 0 Å². The summed E-state index contributed by atoms with van der Waals surface area (Å²) in [6.45, 7) is 7.13. The summed E-state index contributed by atoms with van der Waals surface area (Å²) < 4.78 is 0. The average molecular weight is 276 g/mol. The van der Waals surface area contributed by atoms with Crippen molar-refractivity contribution < 1.29 is 4.79 Å². The fourth-order valence-corrected chi connectivity index (χ4v) is 2.32. The largest absolute Gasteiger partial charge is 0.355 e. The van der Waals surface area contributed by atoms with Crippen LogP contribution in [0.1, 0.15) is 50.0 Å². The Labute approximate surface area is 120 Å². The van der Waals surface area contributed by atoms with Crippen LogP contribution in [0.3, 0.4) is 0 Å². The molecule has 1 amide bonds. The van der Waals surface area contributed by atoms with Gasteiger partial charge < -0.3 is 10.2 Å². The lowest BCUT2D eigenvalue weighted by molar-refractivity contribution is 0.0947. The molecule has 0 spiro atoms. The van der Waals surface area contributed by atoms with E-state index in [1.807, 2.05) is 6.07 Å². The number of nitrogens with zero attached hydrogens (tertiary/aromatic N) is 3. The predicted molar refractivity (Wildman–Crippen MR) is 79.9 cm³/mol. The molecule has 5 nitrogen and oxygen atoms in total. The van der Waals surface area contributed by atoms with Gasteiger partial charge in [0, 0.05) is 19.6 Å². The number of hydrogen-bond donors (Lipinski definition) is 1. The minimum absolute atomic E-state index is 0.134. The number of piperidine rings is 1. The number of aromatic nitrogens is 2. The van der Waals surface area contributed by atoms with E-state index in [2.05, 4.69) is 34.3 Å². The van der Waals surface area contributed by atoms with E-state index in [1.165, 1.54) is 12.8 Å². The molecule has 0 saturated carbocycles. The zero-order chi connectivity index (χ0) is 14.4. The van der Waals surface area contributed by atoms with E-state index >= 15 is 0 Å². The molecule has 1 aliphatic rings. The minimum atomic E-state index is -0.134. The third kappa shape index (κ3) is 3.92. The topological polar surface area (TPSA) is 58.1 Å². The van der Waals surface area contributed by atoms with Crippen molar-refractivity contribution >= 4 is 11.7 Å². The zero-order valence-electron chi connectivity index (χ0n) is 12.4. The first-order valence-corrected chi connectivity index (χ1v) is 7.57. The van der Waals surface area contributed by atoms with Gasteiger partial charge in [-0.05, 0) is 37.3 Å². The van der Waals surface area contributed by atoms with Gasteiger partial charge in [0.25, 0.3) is 5.91 Å². The summed E-state index contributed by atoms with van der Waals surface area (Å²) in [5.74, 6) is 1.54. The number of nitrogens with one attached hydrogen (secondary N) is 1. The summed E-state index contributed by atoms with van der Waals surface area (Å²) in [7, 11) is 0. The lowest BCUT2D eigenvalue weighted by atomic mass is 9.99. The van der Waals surface area contributed by atoms with Crippen LogP contribution in [0.2, 0.25) is 0 Å². The molecule has 2 heterocycles. The molecule has 1 aromatic heterocycles. The fourth-order valence-electron chi connectivity index (χ4n) is 2.32. The van der Waals surface area contributed by atoms with Gasteiger partial charge in [-0.15, -0.1) is 10.2 Å². The van der Waals surface area contributed by atoms with E-state index < -0.39 is 0 Å². The molecule has 1 saturated heterocycles. The molecule has 0 unspecified atom stereocenters. The monoisotopic (exact) mass is 276 g/mol. The van der Waals surface area contributed by atoms with Crippen molar-refractivity contribution in [1.29, 1.82) is 0 Å². The van der Waals surface area contributed by atoms with Crippen LogP contribution in [-0.4, -0.2) is 35.7 Å². The zero-order valence-corrected chi connectivity index (χ0v) is 12.4. The first-order valence-electron chi connectivity index (χ1n) is 7.57. The van der Waals surface area contributed by atoms with E-state index in [-0.39, 0.29) is 5.91 Å². The Hall–Kier alpha value is -1.65. The van der Waals surface area contributed by atoms with Crippen LogP contribution < -0.4 is 10.2 Å². The summed E-state index contributed by atoms with van der Waals surface area (Å²) in [6, 6.07) is 3.67. The summed E-state index contributed by atoms with van der Waals surface area (Å²) >= 11 is 0. The van der Waals surface area contributed by atoms with Crippen LogP contribution in [0.25, 0.3) is 0 Å². The van der Waals surface area contributed by atoms with E-state index in [9.17, 15) is 4.79 Å². The molecule has 0 bridgehead atoms. The van der Waals surface area contributed by atoms with Crippen LogP contribution in [0, 0.1) is 5.92 Å². The van der Waals surface area contributed by atoms with Crippen molar-refractivity contribution in [1.82, 2.24) is 15.5 Å². The molecule has 0 atom stereocenters. The summed E-state index contributed by atoms with van der Waals surface area (Å²) in [5.41, 5.74) is 0.398. The van der Waals surface area contributed by atoms with Crippen molar-refractivity contribution in [2.75, 3.05) is 24.5 Å². The van der Waals surface area contributed by atoms with E-state index in [4.69, 9.17) is 0 Å². The highest BCUT2D eigenvalue weighted by atomic mass is 16.1. The van der Waals surface area contributed by atoms with E-state index in [0.29, 0.717) is 12.2 Å². The van der Waals surface area contributed by atoms with E-state index in [0.717, 1.165) is 37.7 Å². The van der Waals surface area contributed by atoms with Gasteiger partial charge in [0.05, 0.1) is 0 Å². The maximum absolute atomic E-state index is 11.8. The number of hydrogen-bond acceptors (Lipinski definition) is 4. The molecule has 1 aromatic rings. The Morgan fingerprint density at radius 3 is 2.70 bits per heavy atom. The maximum Gasteiger partial charge on any atom is 0.271 e. The summed E-state index contributed by atoms with van der Waals surface area (Å²) in [6.07, 6.45) is 4.45. The van der Waals surface area contributed by atoms with Gasteiger partial charge in [-0.1, -0.05) is 20.3 Å². The van der Waals surface area contributed by atoms with Crippen molar-refractivity contribution in [2.45, 2.75) is 39.5 Å². The number of carbonyl (C=O) groups excluding carboxylic acids is 1. The molecule has 2 rings (SSSR count). The van der Waals surface area contributed by atoms with Gasteiger partial charge in [-0.2, -0.15) is 0 Å². The van der Waals surface area contributed by atoms with Crippen molar-refractivity contribution in [3.8, 4) is 0 Å². The number of carbonyl (C=O) groups is 1. The third-order valence-electron chi connectivity index (χ3n) is 3.81. The van der Waals surface area contributed by atoms with Gasteiger partial charge in [0.1, 0.15) is 0 Å². The van der Waals surface area contributed by atoms with Crippen LogP contribution >= 0.6 is 0 Å². The number of unbranched alkanes of at least 4 members (excludes halogenated alkanes) is 1. The molecule has 1 N–H and O–H groups in total. The SMILES string of the molecule is CCCCNC(=O)c1ccc(N2CCC(C)CC2)nn1. The lowest BCUT2D eigenvalue weighted by Gasteiger charge is -2.30. The molecule has 20 heavy (non-hydrogen) atoms. The van der Waals surface area contributed by atoms with Gasteiger partial charge in [-0.3, -0.25) is 4.79 Å². The Morgan fingerprint density at radius 1 is 1.35 bits per heavy atom. The van der Waals surface area contributed by atoms with Gasteiger partial charge in [-0.25, -0.2) is 0 Å². The molecular formula is C15H24N4O. The second kappa shape index (κ2) is 7.22.